The number of hydrogen-bond acceptors (Lipinski definition) is 4. The number of ether oxygens (including phenoxy) is 1. The molecule has 1 aliphatic heterocycles. The van der Waals surface area contributed by atoms with Crippen molar-refractivity contribution >= 4 is 26.9 Å². The molecule has 26 heavy (non-hydrogen) atoms. The van der Waals surface area contributed by atoms with E-state index in [2.05, 4.69) is 33.0 Å². The van der Waals surface area contributed by atoms with E-state index in [1.54, 1.807) is 13.2 Å². The van der Waals surface area contributed by atoms with Gasteiger partial charge in [-0.1, -0.05) is 28.1 Å². The molecule has 4 nitrogen and oxygen atoms in total. The Bertz CT molecular complexity index is 998. The van der Waals surface area contributed by atoms with Crippen molar-refractivity contribution in [2.45, 2.75) is 25.4 Å². The minimum absolute atomic E-state index is 0.303. The Balaban J connectivity index is 1.68. The lowest BCUT2D eigenvalue weighted by atomic mass is 10.0. The Morgan fingerprint density at radius 3 is 2.96 bits per heavy atom. The molecule has 1 fully saturated rings. The molecule has 5 heteroatoms. The van der Waals surface area contributed by atoms with Gasteiger partial charge in [0.1, 0.15) is 11.3 Å². The summed E-state index contributed by atoms with van der Waals surface area (Å²) in [5.41, 5.74) is 2.59. The largest absolute Gasteiger partial charge is 0.497 e. The van der Waals surface area contributed by atoms with Crippen molar-refractivity contribution < 1.29 is 9.15 Å². The summed E-state index contributed by atoms with van der Waals surface area (Å²) in [5.74, 6) is 0.880. The molecule has 0 amide bonds. The zero-order chi connectivity index (χ0) is 18.1. The van der Waals surface area contributed by atoms with Crippen LogP contribution in [0.2, 0.25) is 0 Å². The van der Waals surface area contributed by atoms with Crippen molar-refractivity contribution in [3.8, 4) is 5.75 Å². The maximum atomic E-state index is 12.0. The summed E-state index contributed by atoms with van der Waals surface area (Å²) in [6.07, 6.45) is 2.25. The third kappa shape index (κ3) is 3.41. The van der Waals surface area contributed by atoms with Gasteiger partial charge >= 0.3 is 5.63 Å². The van der Waals surface area contributed by atoms with E-state index in [0.29, 0.717) is 11.6 Å². The maximum absolute atomic E-state index is 12.0. The number of rotatable bonds is 4. The zero-order valence-corrected chi connectivity index (χ0v) is 16.2. The fourth-order valence-electron chi connectivity index (χ4n) is 3.80. The van der Waals surface area contributed by atoms with Gasteiger partial charge in [0.2, 0.25) is 0 Å². The molecule has 1 atom stereocenters. The second kappa shape index (κ2) is 7.25. The lowest BCUT2D eigenvalue weighted by molar-refractivity contribution is 0.248. The van der Waals surface area contributed by atoms with Gasteiger partial charge < -0.3 is 9.15 Å². The highest BCUT2D eigenvalue weighted by molar-refractivity contribution is 9.10. The summed E-state index contributed by atoms with van der Waals surface area (Å²) in [6, 6.07) is 16.1. The summed E-state index contributed by atoms with van der Waals surface area (Å²) in [7, 11) is 1.69. The molecule has 0 bridgehead atoms. The number of methoxy groups -OCH3 is 1. The van der Waals surface area contributed by atoms with Crippen LogP contribution >= 0.6 is 15.9 Å². The highest BCUT2D eigenvalue weighted by Gasteiger charge is 2.27. The molecule has 2 aromatic carbocycles. The molecule has 4 rings (SSSR count). The lowest BCUT2D eigenvalue weighted by Gasteiger charge is -2.25. The molecule has 134 valence electrons. The average molecular weight is 414 g/mol. The van der Waals surface area contributed by atoms with Crippen LogP contribution in [0.3, 0.4) is 0 Å². The highest BCUT2D eigenvalue weighted by Crippen LogP contribution is 2.35. The van der Waals surface area contributed by atoms with Crippen molar-refractivity contribution in [3.63, 3.8) is 0 Å². The molecule has 0 unspecified atom stereocenters. The normalized spacial score (nSPS) is 17.7. The first-order valence-corrected chi connectivity index (χ1v) is 9.53. The van der Waals surface area contributed by atoms with Gasteiger partial charge in [0.05, 0.1) is 7.11 Å². The molecule has 0 saturated carbocycles. The van der Waals surface area contributed by atoms with Crippen LogP contribution in [-0.2, 0) is 6.54 Å². The average Bonchev–Trinajstić information content (AvgIpc) is 3.09. The van der Waals surface area contributed by atoms with Crippen LogP contribution in [0, 0.1) is 0 Å². The second-order valence-electron chi connectivity index (χ2n) is 6.64. The smallest absolute Gasteiger partial charge is 0.336 e. The topological polar surface area (TPSA) is 42.7 Å². The van der Waals surface area contributed by atoms with Gasteiger partial charge in [-0.25, -0.2) is 4.79 Å². The minimum Gasteiger partial charge on any atom is -0.497 e. The van der Waals surface area contributed by atoms with Crippen LogP contribution in [0.5, 0.6) is 5.75 Å². The Labute approximate surface area is 160 Å². The predicted molar refractivity (Wildman–Crippen MR) is 106 cm³/mol. The van der Waals surface area contributed by atoms with E-state index in [1.807, 2.05) is 30.3 Å². The van der Waals surface area contributed by atoms with Crippen LogP contribution in [0.25, 0.3) is 11.0 Å². The summed E-state index contributed by atoms with van der Waals surface area (Å²) in [4.78, 5) is 14.4. The minimum atomic E-state index is -0.303. The summed E-state index contributed by atoms with van der Waals surface area (Å²) in [6.45, 7) is 1.74. The molecule has 2 heterocycles. The quantitative estimate of drug-likeness (QED) is 0.570. The van der Waals surface area contributed by atoms with E-state index >= 15 is 0 Å². The Hall–Kier alpha value is -2.11. The van der Waals surface area contributed by atoms with Gasteiger partial charge in [0.25, 0.3) is 0 Å². The van der Waals surface area contributed by atoms with Crippen LogP contribution in [0.4, 0.5) is 0 Å². The van der Waals surface area contributed by atoms with Crippen LogP contribution in [-0.4, -0.2) is 18.6 Å². The summed E-state index contributed by atoms with van der Waals surface area (Å²) in [5, 5.41) is 0.990. The first-order valence-electron chi connectivity index (χ1n) is 8.74. The number of nitrogens with zero attached hydrogens (tertiary/aromatic N) is 1. The van der Waals surface area contributed by atoms with Crippen molar-refractivity contribution in [2.75, 3.05) is 13.7 Å². The second-order valence-corrected chi connectivity index (χ2v) is 7.55. The molecule has 0 N–H and O–H groups in total. The van der Waals surface area contributed by atoms with E-state index in [4.69, 9.17) is 9.15 Å². The van der Waals surface area contributed by atoms with Crippen molar-refractivity contribution in [3.05, 3.63) is 74.6 Å². The summed E-state index contributed by atoms with van der Waals surface area (Å²) >= 11 is 3.44. The van der Waals surface area contributed by atoms with E-state index in [-0.39, 0.29) is 5.63 Å². The molecule has 0 radical (unpaired) electrons. The monoisotopic (exact) mass is 413 g/mol. The van der Waals surface area contributed by atoms with Crippen LogP contribution < -0.4 is 10.4 Å². The molecular weight excluding hydrogens is 394 g/mol. The fourth-order valence-corrected chi connectivity index (χ4v) is 4.14. The number of benzene rings is 2. The van der Waals surface area contributed by atoms with Gasteiger partial charge in [0, 0.05) is 28.5 Å². The molecule has 1 aliphatic rings. The van der Waals surface area contributed by atoms with Gasteiger partial charge in [-0.2, -0.15) is 0 Å². The van der Waals surface area contributed by atoms with E-state index in [0.717, 1.165) is 47.1 Å². The van der Waals surface area contributed by atoms with E-state index in [9.17, 15) is 4.79 Å². The fraction of sp³-hybridized carbons (Fsp3) is 0.286. The lowest BCUT2D eigenvalue weighted by Crippen LogP contribution is -2.23. The van der Waals surface area contributed by atoms with Crippen LogP contribution in [0.1, 0.15) is 30.0 Å². The predicted octanol–water partition coefficient (Wildman–Crippen LogP) is 4.90. The number of likely N-dealkylation sites (tertiary alicyclic amines) is 1. The van der Waals surface area contributed by atoms with Gasteiger partial charge in [0.15, 0.2) is 0 Å². The van der Waals surface area contributed by atoms with E-state index < -0.39 is 0 Å². The van der Waals surface area contributed by atoms with Crippen molar-refractivity contribution in [1.82, 2.24) is 4.90 Å². The third-order valence-corrected chi connectivity index (χ3v) is 5.50. The third-order valence-electron chi connectivity index (χ3n) is 5.01. The van der Waals surface area contributed by atoms with Crippen molar-refractivity contribution in [2.24, 2.45) is 0 Å². The number of hydrogen-bond donors (Lipinski definition) is 0. The molecule has 1 aromatic heterocycles. The Morgan fingerprint density at radius 2 is 2.12 bits per heavy atom. The summed E-state index contributed by atoms with van der Waals surface area (Å²) < 4.78 is 11.6. The SMILES string of the molecule is COc1cccc([C@@H]2CCCN2Cc2cc(=O)oc3cc(Br)ccc23)c1. The number of halogens is 1. The molecular formula is C21H20BrNO3. The molecule has 3 aromatic rings. The maximum Gasteiger partial charge on any atom is 0.336 e. The highest BCUT2D eigenvalue weighted by atomic mass is 79.9. The van der Waals surface area contributed by atoms with Crippen molar-refractivity contribution in [1.29, 1.82) is 0 Å². The van der Waals surface area contributed by atoms with Gasteiger partial charge in [-0.05, 0) is 60.8 Å². The standard InChI is InChI=1S/C21H20BrNO3/c1-25-17-5-2-4-14(10-17)19-6-3-9-23(19)13-15-11-21(24)26-20-12-16(22)7-8-18(15)20/h2,4-5,7-8,10-12,19H,3,6,9,13H2,1H3/t19-/m0/s1. The van der Waals surface area contributed by atoms with Gasteiger partial charge in [-0.3, -0.25) is 4.90 Å². The molecule has 1 saturated heterocycles. The van der Waals surface area contributed by atoms with Crippen LogP contribution in [0.15, 0.2) is 62.2 Å². The number of fused-ring (bicyclic) bond motifs is 1. The van der Waals surface area contributed by atoms with E-state index in [1.165, 1.54) is 5.56 Å². The first-order chi connectivity index (χ1) is 12.6. The van der Waals surface area contributed by atoms with Gasteiger partial charge in [-0.15, -0.1) is 0 Å². The molecule has 0 aliphatic carbocycles. The first kappa shape index (κ1) is 17.3. The Morgan fingerprint density at radius 1 is 1.23 bits per heavy atom. The zero-order valence-electron chi connectivity index (χ0n) is 14.6. The Kier molecular flexibility index (Phi) is 4.83. The molecule has 0 spiro atoms.